The lowest BCUT2D eigenvalue weighted by molar-refractivity contribution is 0.0698. The zero-order valence-electron chi connectivity index (χ0n) is 10.8. The fraction of sp³-hybridized carbons (Fsp3) is 0.417. The van der Waals surface area contributed by atoms with Crippen molar-refractivity contribution in [2.24, 2.45) is 0 Å². The Labute approximate surface area is 115 Å². The summed E-state index contributed by atoms with van der Waals surface area (Å²) in [7, 11) is -3.13. The van der Waals surface area contributed by atoms with Crippen LogP contribution in [0.1, 0.15) is 17.3 Å². The number of rotatable bonds is 2. The summed E-state index contributed by atoms with van der Waals surface area (Å²) >= 11 is 0. The van der Waals surface area contributed by atoms with Crippen LogP contribution in [0.25, 0.3) is 0 Å². The van der Waals surface area contributed by atoms with Crippen molar-refractivity contribution in [1.29, 1.82) is 0 Å². The van der Waals surface area contributed by atoms with Gasteiger partial charge in [0.25, 0.3) is 0 Å². The minimum absolute atomic E-state index is 0.0685. The number of anilines is 2. The van der Waals surface area contributed by atoms with E-state index in [-0.39, 0.29) is 35.0 Å². The van der Waals surface area contributed by atoms with Gasteiger partial charge in [-0.15, -0.1) is 0 Å². The van der Waals surface area contributed by atoms with E-state index in [9.17, 15) is 17.6 Å². The predicted octanol–water partition coefficient (Wildman–Crippen LogP) is 0.729. The minimum Gasteiger partial charge on any atom is -0.478 e. The molecule has 0 aliphatic carbocycles. The maximum atomic E-state index is 14.0. The number of nitrogen functional groups attached to an aromatic ring is 1. The molecule has 0 amide bonds. The molecule has 1 aliphatic rings. The van der Waals surface area contributed by atoms with Gasteiger partial charge in [0.05, 0.1) is 22.8 Å². The normalized spacial score (nSPS) is 21.7. The lowest BCUT2D eigenvalue weighted by Crippen LogP contribution is -2.47. The van der Waals surface area contributed by atoms with E-state index < -0.39 is 27.7 Å². The highest BCUT2D eigenvalue weighted by Gasteiger charge is 2.30. The SMILES string of the molecule is CC1CS(=O)(=O)CCN1c1cc(C(=O)O)c(N)cc1F. The molecule has 1 aromatic rings. The first-order chi connectivity index (χ1) is 9.21. The molecule has 20 heavy (non-hydrogen) atoms. The van der Waals surface area contributed by atoms with Gasteiger partial charge < -0.3 is 15.7 Å². The van der Waals surface area contributed by atoms with Crippen LogP contribution < -0.4 is 10.6 Å². The Morgan fingerprint density at radius 1 is 1.50 bits per heavy atom. The number of aromatic carboxylic acids is 1. The Kier molecular flexibility index (Phi) is 3.59. The topological polar surface area (TPSA) is 101 Å². The maximum absolute atomic E-state index is 14.0. The Morgan fingerprint density at radius 3 is 2.70 bits per heavy atom. The van der Waals surface area contributed by atoms with Crippen molar-refractivity contribution in [3.8, 4) is 0 Å². The molecule has 0 spiro atoms. The zero-order valence-corrected chi connectivity index (χ0v) is 11.7. The zero-order chi connectivity index (χ0) is 15.1. The van der Waals surface area contributed by atoms with Crippen molar-refractivity contribution in [3.05, 3.63) is 23.5 Å². The number of nitrogens with zero attached hydrogens (tertiary/aromatic N) is 1. The highest BCUT2D eigenvalue weighted by molar-refractivity contribution is 7.91. The van der Waals surface area contributed by atoms with E-state index in [0.717, 1.165) is 12.1 Å². The van der Waals surface area contributed by atoms with Gasteiger partial charge in [-0.3, -0.25) is 0 Å². The fourth-order valence-corrected chi connectivity index (χ4v) is 3.90. The summed E-state index contributed by atoms with van der Waals surface area (Å²) in [5.41, 5.74) is 5.18. The van der Waals surface area contributed by atoms with E-state index in [4.69, 9.17) is 10.8 Å². The molecular formula is C12H15FN2O4S. The average Bonchev–Trinajstić information content (AvgIpc) is 2.29. The summed E-state index contributed by atoms with van der Waals surface area (Å²) in [5, 5.41) is 9.01. The Bertz CT molecular complexity index is 660. The molecule has 1 heterocycles. The molecule has 8 heteroatoms. The quantitative estimate of drug-likeness (QED) is 0.781. The lowest BCUT2D eigenvalue weighted by Gasteiger charge is -2.35. The first kappa shape index (κ1) is 14.6. The third-order valence-electron chi connectivity index (χ3n) is 3.33. The molecule has 0 radical (unpaired) electrons. The Morgan fingerprint density at radius 2 is 2.15 bits per heavy atom. The third-order valence-corrected chi connectivity index (χ3v) is 5.12. The Balaban J connectivity index is 2.43. The van der Waals surface area contributed by atoms with Gasteiger partial charge >= 0.3 is 5.97 Å². The summed E-state index contributed by atoms with van der Waals surface area (Å²) in [6.07, 6.45) is 0. The van der Waals surface area contributed by atoms with Crippen LogP contribution in [0, 0.1) is 5.82 Å². The van der Waals surface area contributed by atoms with Crippen molar-refractivity contribution < 1.29 is 22.7 Å². The van der Waals surface area contributed by atoms with Gasteiger partial charge in [-0.2, -0.15) is 0 Å². The van der Waals surface area contributed by atoms with E-state index in [1.54, 1.807) is 11.8 Å². The van der Waals surface area contributed by atoms with E-state index >= 15 is 0 Å². The number of halogens is 1. The molecule has 1 aromatic carbocycles. The molecule has 1 saturated heterocycles. The van der Waals surface area contributed by atoms with Crippen molar-refractivity contribution in [1.82, 2.24) is 0 Å². The number of carboxylic acid groups (broad SMARTS) is 1. The second-order valence-corrected chi connectivity index (χ2v) is 7.08. The summed E-state index contributed by atoms with van der Waals surface area (Å²) in [5.74, 6) is -2.07. The van der Waals surface area contributed by atoms with Gasteiger partial charge in [-0.05, 0) is 19.1 Å². The summed E-state index contributed by atoms with van der Waals surface area (Å²) in [6, 6.07) is 1.68. The van der Waals surface area contributed by atoms with Crippen LogP contribution in [0.3, 0.4) is 0 Å². The van der Waals surface area contributed by atoms with Gasteiger partial charge in [0.1, 0.15) is 5.82 Å². The third kappa shape index (κ3) is 2.69. The van der Waals surface area contributed by atoms with Gasteiger partial charge in [-0.25, -0.2) is 17.6 Å². The second-order valence-electron chi connectivity index (χ2n) is 4.85. The molecule has 2 rings (SSSR count). The monoisotopic (exact) mass is 302 g/mol. The standard InChI is InChI=1S/C12H15FN2O4S/c1-7-6-20(18,19)3-2-15(7)11-4-8(12(16)17)10(14)5-9(11)13/h4-5,7H,2-3,6,14H2,1H3,(H,16,17). The van der Waals surface area contributed by atoms with Gasteiger partial charge in [0.15, 0.2) is 9.84 Å². The number of hydrogen-bond acceptors (Lipinski definition) is 5. The van der Waals surface area contributed by atoms with E-state index in [1.165, 1.54) is 0 Å². The van der Waals surface area contributed by atoms with Crippen LogP contribution >= 0.6 is 0 Å². The predicted molar refractivity (Wildman–Crippen MR) is 73.2 cm³/mol. The van der Waals surface area contributed by atoms with Gasteiger partial charge in [0, 0.05) is 18.3 Å². The minimum atomic E-state index is -3.13. The van der Waals surface area contributed by atoms with Crippen molar-refractivity contribution in [2.75, 3.05) is 28.7 Å². The van der Waals surface area contributed by atoms with Crippen LogP contribution in [0.4, 0.5) is 15.8 Å². The van der Waals surface area contributed by atoms with Gasteiger partial charge in [0.2, 0.25) is 0 Å². The molecule has 1 aliphatic heterocycles. The molecule has 3 N–H and O–H groups in total. The lowest BCUT2D eigenvalue weighted by atomic mass is 10.1. The highest BCUT2D eigenvalue weighted by Crippen LogP contribution is 2.29. The highest BCUT2D eigenvalue weighted by atomic mass is 32.2. The van der Waals surface area contributed by atoms with Crippen molar-refractivity contribution in [3.63, 3.8) is 0 Å². The van der Waals surface area contributed by atoms with Gasteiger partial charge in [-0.1, -0.05) is 0 Å². The summed E-state index contributed by atoms with van der Waals surface area (Å²) in [4.78, 5) is 12.6. The number of carbonyl (C=O) groups is 1. The number of benzene rings is 1. The van der Waals surface area contributed by atoms with Crippen molar-refractivity contribution >= 4 is 27.2 Å². The molecule has 0 saturated carbocycles. The largest absolute Gasteiger partial charge is 0.478 e. The Hall–Kier alpha value is -1.83. The number of sulfone groups is 1. The number of nitrogens with two attached hydrogens (primary N) is 1. The molecule has 0 aromatic heterocycles. The smallest absolute Gasteiger partial charge is 0.337 e. The van der Waals surface area contributed by atoms with Crippen LogP contribution in [0.5, 0.6) is 0 Å². The number of hydrogen-bond donors (Lipinski definition) is 2. The molecular weight excluding hydrogens is 287 g/mol. The van der Waals surface area contributed by atoms with Crippen LogP contribution in [0.15, 0.2) is 12.1 Å². The van der Waals surface area contributed by atoms with Crippen LogP contribution in [0.2, 0.25) is 0 Å². The van der Waals surface area contributed by atoms with E-state index in [1.807, 2.05) is 0 Å². The average molecular weight is 302 g/mol. The summed E-state index contributed by atoms with van der Waals surface area (Å²) < 4.78 is 37.0. The molecule has 6 nitrogen and oxygen atoms in total. The first-order valence-corrected chi connectivity index (χ1v) is 7.83. The molecule has 0 bridgehead atoms. The number of carboxylic acids is 1. The van der Waals surface area contributed by atoms with Crippen LogP contribution in [-0.4, -0.2) is 43.6 Å². The molecule has 1 fully saturated rings. The van der Waals surface area contributed by atoms with E-state index in [2.05, 4.69) is 0 Å². The molecule has 1 unspecified atom stereocenters. The molecule has 1 atom stereocenters. The van der Waals surface area contributed by atoms with Crippen molar-refractivity contribution in [2.45, 2.75) is 13.0 Å². The summed E-state index contributed by atoms with van der Waals surface area (Å²) in [6.45, 7) is 1.79. The first-order valence-electron chi connectivity index (χ1n) is 6.00. The second kappa shape index (κ2) is 4.93. The fourth-order valence-electron chi connectivity index (χ4n) is 2.34. The maximum Gasteiger partial charge on any atom is 0.337 e. The van der Waals surface area contributed by atoms with Crippen LogP contribution in [-0.2, 0) is 9.84 Å². The van der Waals surface area contributed by atoms with E-state index in [0.29, 0.717) is 0 Å². The molecule has 110 valence electrons.